The van der Waals surface area contributed by atoms with Crippen molar-refractivity contribution < 1.29 is 9.90 Å². The van der Waals surface area contributed by atoms with Crippen molar-refractivity contribution >= 4 is 17.7 Å². The minimum Gasteiger partial charge on any atom is -0.481 e. The minimum absolute atomic E-state index is 0.128. The predicted octanol–water partition coefficient (Wildman–Crippen LogP) is 3.00. The molecule has 0 aromatic heterocycles. The molecule has 2 fully saturated rings. The Balaban J connectivity index is 2.03. The number of carbonyl (C=O) groups is 1. The van der Waals surface area contributed by atoms with Gasteiger partial charge in [-0.1, -0.05) is 27.7 Å². The molecule has 0 bridgehead atoms. The molecule has 3 nitrogen and oxygen atoms in total. The van der Waals surface area contributed by atoms with Crippen LogP contribution in [0.1, 0.15) is 47.0 Å². The summed E-state index contributed by atoms with van der Waals surface area (Å²) >= 11 is 2.04. The van der Waals surface area contributed by atoms with Crippen LogP contribution in [-0.4, -0.2) is 34.2 Å². The van der Waals surface area contributed by atoms with E-state index >= 15 is 0 Å². The molecule has 0 aromatic rings. The molecule has 1 aliphatic heterocycles. The van der Waals surface area contributed by atoms with Crippen LogP contribution in [-0.2, 0) is 4.79 Å². The van der Waals surface area contributed by atoms with E-state index in [1.54, 1.807) is 0 Å². The first-order chi connectivity index (χ1) is 8.84. The molecule has 0 amide bonds. The monoisotopic (exact) mass is 285 g/mol. The molecule has 110 valence electrons. The largest absolute Gasteiger partial charge is 0.481 e. The quantitative estimate of drug-likeness (QED) is 0.837. The van der Waals surface area contributed by atoms with Crippen molar-refractivity contribution in [3.05, 3.63) is 0 Å². The van der Waals surface area contributed by atoms with Crippen molar-refractivity contribution in [2.75, 3.05) is 5.75 Å². The van der Waals surface area contributed by atoms with Crippen molar-refractivity contribution in [2.45, 2.75) is 64.3 Å². The van der Waals surface area contributed by atoms with E-state index in [0.717, 1.165) is 12.8 Å². The van der Waals surface area contributed by atoms with Gasteiger partial charge in [-0.3, -0.25) is 4.79 Å². The summed E-state index contributed by atoms with van der Waals surface area (Å²) in [5.41, 5.74) is -0.128. The van der Waals surface area contributed by atoms with E-state index in [9.17, 15) is 9.90 Å². The second kappa shape index (κ2) is 5.65. The molecule has 19 heavy (non-hydrogen) atoms. The van der Waals surface area contributed by atoms with Crippen LogP contribution in [0.3, 0.4) is 0 Å². The van der Waals surface area contributed by atoms with Crippen LogP contribution in [0.25, 0.3) is 0 Å². The Labute approximate surface area is 120 Å². The third kappa shape index (κ3) is 2.94. The van der Waals surface area contributed by atoms with Gasteiger partial charge in [0.05, 0.1) is 5.92 Å². The SMILES string of the molecule is CC1SCCC1NC1CCC(C(=O)O)C(C)(C)C1C. The lowest BCUT2D eigenvalue weighted by Crippen LogP contribution is -2.54. The Morgan fingerprint density at radius 2 is 1.89 bits per heavy atom. The maximum Gasteiger partial charge on any atom is 0.307 e. The van der Waals surface area contributed by atoms with Crippen LogP contribution < -0.4 is 5.32 Å². The van der Waals surface area contributed by atoms with Crippen LogP contribution >= 0.6 is 11.8 Å². The maximum absolute atomic E-state index is 11.4. The second-order valence-electron chi connectivity index (χ2n) is 6.82. The molecule has 0 spiro atoms. The van der Waals surface area contributed by atoms with Gasteiger partial charge in [-0.2, -0.15) is 11.8 Å². The normalized spacial score (nSPS) is 42.2. The third-order valence-corrected chi connectivity index (χ3v) is 6.87. The minimum atomic E-state index is -0.625. The van der Waals surface area contributed by atoms with E-state index in [-0.39, 0.29) is 11.3 Å². The van der Waals surface area contributed by atoms with Crippen LogP contribution in [0.5, 0.6) is 0 Å². The first-order valence-corrected chi connectivity index (χ1v) is 8.49. The summed E-state index contributed by atoms with van der Waals surface area (Å²) in [4.78, 5) is 11.4. The molecule has 2 N–H and O–H groups in total. The van der Waals surface area contributed by atoms with Gasteiger partial charge < -0.3 is 10.4 Å². The Bertz CT molecular complexity index is 345. The lowest BCUT2D eigenvalue weighted by molar-refractivity contribution is -0.150. The van der Waals surface area contributed by atoms with Crippen LogP contribution in [0, 0.1) is 17.3 Å². The summed E-state index contributed by atoms with van der Waals surface area (Å²) in [5.74, 6) is 0.831. The van der Waals surface area contributed by atoms with Crippen LogP contribution in [0.4, 0.5) is 0 Å². The van der Waals surface area contributed by atoms with E-state index in [4.69, 9.17) is 0 Å². The van der Waals surface area contributed by atoms with E-state index < -0.39 is 5.97 Å². The lowest BCUT2D eigenvalue weighted by atomic mass is 9.61. The number of thioether (sulfide) groups is 1. The summed E-state index contributed by atoms with van der Waals surface area (Å²) in [6.07, 6.45) is 3.05. The fourth-order valence-corrected chi connectivity index (χ4v) is 4.91. The highest BCUT2D eigenvalue weighted by molar-refractivity contribution is 8.00. The highest BCUT2D eigenvalue weighted by atomic mass is 32.2. The fourth-order valence-electron chi connectivity index (χ4n) is 3.70. The molecule has 5 unspecified atom stereocenters. The molecule has 2 rings (SSSR count). The van der Waals surface area contributed by atoms with Crippen LogP contribution in [0.2, 0.25) is 0 Å². The van der Waals surface area contributed by atoms with Crippen LogP contribution in [0.15, 0.2) is 0 Å². The molecular formula is C15H27NO2S. The molecule has 1 saturated carbocycles. The van der Waals surface area contributed by atoms with Gasteiger partial charge in [-0.15, -0.1) is 0 Å². The summed E-state index contributed by atoms with van der Waals surface area (Å²) in [6.45, 7) is 8.77. The molecule has 0 radical (unpaired) electrons. The summed E-state index contributed by atoms with van der Waals surface area (Å²) < 4.78 is 0. The van der Waals surface area contributed by atoms with Crippen molar-refractivity contribution in [3.63, 3.8) is 0 Å². The molecular weight excluding hydrogens is 258 g/mol. The Hall–Kier alpha value is -0.220. The zero-order chi connectivity index (χ0) is 14.2. The Morgan fingerprint density at radius 3 is 2.42 bits per heavy atom. The molecule has 2 aliphatic rings. The molecule has 1 heterocycles. The Kier molecular flexibility index (Phi) is 4.51. The van der Waals surface area contributed by atoms with E-state index in [0.29, 0.717) is 23.3 Å². The number of nitrogens with one attached hydrogen (secondary N) is 1. The van der Waals surface area contributed by atoms with Crippen molar-refractivity contribution in [1.82, 2.24) is 5.32 Å². The molecule has 4 heteroatoms. The lowest BCUT2D eigenvalue weighted by Gasteiger charge is -2.47. The molecule has 0 aromatic carbocycles. The Morgan fingerprint density at radius 1 is 1.21 bits per heavy atom. The van der Waals surface area contributed by atoms with Gasteiger partial charge in [-0.25, -0.2) is 0 Å². The average molecular weight is 285 g/mol. The van der Waals surface area contributed by atoms with Gasteiger partial charge in [0, 0.05) is 17.3 Å². The first kappa shape index (κ1) is 15.2. The molecule has 5 atom stereocenters. The van der Waals surface area contributed by atoms with E-state index in [2.05, 4.69) is 33.0 Å². The number of rotatable bonds is 3. The first-order valence-electron chi connectivity index (χ1n) is 7.44. The highest BCUT2D eigenvalue weighted by Gasteiger charge is 2.46. The van der Waals surface area contributed by atoms with E-state index in [1.165, 1.54) is 12.2 Å². The van der Waals surface area contributed by atoms with Gasteiger partial charge >= 0.3 is 5.97 Å². The van der Waals surface area contributed by atoms with E-state index in [1.807, 2.05) is 11.8 Å². The van der Waals surface area contributed by atoms with Crippen molar-refractivity contribution in [2.24, 2.45) is 17.3 Å². The number of carboxylic acid groups (broad SMARTS) is 1. The number of carboxylic acids is 1. The van der Waals surface area contributed by atoms with Gasteiger partial charge in [0.25, 0.3) is 0 Å². The summed E-state index contributed by atoms with van der Waals surface area (Å²) in [7, 11) is 0. The summed E-state index contributed by atoms with van der Waals surface area (Å²) in [5, 5.41) is 13.9. The van der Waals surface area contributed by atoms with Gasteiger partial charge in [0.15, 0.2) is 0 Å². The third-order valence-electron chi connectivity index (χ3n) is 5.54. The number of aliphatic carboxylic acids is 1. The van der Waals surface area contributed by atoms with Gasteiger partial charge in [-0.05, 0) is 36.3 Å². The average Bonchev–Trinajstić information content (AvgIpc) is 2.70. The highest BCUT2D eigenvalue weighted by Crippen LogP contribution is 2.45. The fraction of sp³-hybridized carbons (Fsp3) is 0.933. The second-order valence-corrected chi connectivity index (χ2v) is 8.31. The zero-order valence-corrected chi connectivity index (χ0v) is 13.3. The summed E-state index contributed by atoms with van der Waals surface area (Å²) in [6, 6.07) is 1.08. The predicted molar refractivity (Wildman–Crippen MR) is 80.6 cm³/mol. The van der Waals surface area contributed by atoms with Crippen molar-refractivity contribution in [1.29, 1.82) is 0 Å². The molecule has 1 saturated heterocycles. The van der Waals surface area contributed by atoms with Gasteiger partial charge in [0.1, 0.15) is 0 Å². The molecule has 1 aliphatic carbocycles. The number of hydrogen-bond acceptors (Lipinski definition) is 3. The number of hydrogen-bond donors (Lipinski definition) is 2. The topological polar surface area (TPSA) is 49.3 Å². The van der Waals surface area contributed by atoms with Gasteiger partial charge in [0.2, 0.25) is 0 Å². The zero-order valence-electron chi connectivity index (χ0n) is 12.5. The standard InChI is InChI=1S/C15H27NO2S/c1-9-12(16-13-7-8-19-10(13)2)6-5-11(14(17)18)15(9,3)4/h9-13,16H,5-8H2,1-4H3,(H,17,18). The maximum atomic E-state index is 11.4. The smallest absolute Gasteiger partial charge is 0.307 e. The van der Waals surface area contributed by atoms with Crippen molar-refractivity contribution in [3.8, 4) is 0 Å².